The summed E-state index contributed by atoms with van der Waals surface area (Å²) in [5.74, 6) is 0.118. The molecule has 0 bridgehead atoms. The van der Waals surface area contributed by atoms with Gasteiger partial charge in [-0.15, -0.1) is 11.3 Å². The van der Waals surface area contributed by atoms with Crippen LogP contribution in [-0.4, -0.2) is 31.2 Å². The maximum atomic E-state index is 12.8. The smallest absolute Gasteiger partial charge is 0.254 e. The third-order valence-electron chi connectivity index (χ3n) is 4.62. The lowest BCUT2D eigenvalue weighted by molar-refractivity contribution is -0.119. The van der Waals surface area contributed by atoms with Gasteiger partial charge >= 0.3 is 0 Å². The van der Waals surface area contributed by atoms with Crippen LogP contribution in [0.15, 0.2) is 45.9 Å². The Morgan fingerprint density at radius 3 is 2.86 bits per heavy atom. The zero-order chi connectivity index (χ0) is 20.6. The fraction of sp³-hybridized carbons (Fsp3) is 0.350. The van der Waals surface area contributed by atoms with Gasteiger partial charge in [-0.1, -0.05) is 32.5 Å². The van der Waals surface area contributed by atoms with E-state index in [-0.39, 0.29) is 22.8 Å². The highest BCUT2D eigenvalue weighted by Crippen LogP contribution is 2.29. The van der Waals surface area contributed by atoms with E-state index >= 15 is 0 Å². The van der Waals surface area contributed by atoms with Crippen molar-refractivity contribution >= 4 is 34.1 Å². The molecule has 1 unspecified atom stereocenters. The van der Waals surface area contributed by atoms with Crippen LogP contribution in [0.25, 0.3) is 11.3 Å². The van der Waals surface area contributed by atoms with Crippen molar-refractivity contribution < 1.29 is 4.79 Å². The van der Waals surface area contributed by atoms with Crippen LogP contribution in [-0.2, 0) is 16.8 Å². The molecule has 29 heavy (non-hydrogen) atoms. The number of rotatable bonds is 3. The van der Waals surface area contributed by atoms with Gasteiger partial charge in [-0.05, 0) is 12.1 Å². The summed E-state index contributed by atoms with van der Waals surface area (Å²) in [5.41, 5.74) is 2.14. The van der Waals surface area contributed by atoms with Crippen LogP contribution in [0.2, 0.25) is 0 Å². The van der Waals surface area contributed by atoms with Gasteiger partial charge in [0.05, 0.1) is 17.3 Å². The second kappa shape index (κ2) is 7.72. The van der Waals surface area contributed by atoms with Crippen molar-refractivity contribution in [1.82, 2.24) is 19.5 Å². The summed E-state index contributed by atoms with van der Waals surface area (Å²) in [7, 11) is 0. The van der Waals surface area contributed by atoms with Crippen LogP contribution in [0.4, 0.5) is 5.13 Å². The minimum Gasteiger partial charge on any atom is -0.302 e. The van der Waals surface area contributed by atoms with Crippen molar-refractivity contribution in [3.8, 4) is 11.3 Å². The van der Waals surface area contributed by atoms with Gasteiger partial charge in [-0.3, -0.25) is 19.1 Å². The van der Waals surface area contributed by atoms with Gasteiger partial charge in [0, 0.05) is 47.1 Å². The first kappa shape index (κ1) is 19.8. The normalized spacial score (nSPS) is 16.3. The van der Waals surface area contributed by atoms with Gasteiger partial charge in [-0.25, -0.2) is 9.97 Å². The number of nitrogens with one attached hydrogen (secondary N) is 1. The summed E-state index contributed by atoms with van der Waals surface area (Å²) >= 11 is 2.82. The van der Waals surface area contributed by atoms with Crippen molar-refractivity contribution in [3.05, 3.63) is 52.0 Å². The molecule has 9 heteroatoms. The number of thioether (sulfide) groups is 1. The molecule has 0 aromatic carbocycles. The van der Waals surface area contributed by atoms with Gasteiger partial charge in [0.15, 0.2) is 10.3 Å². The van der Waals surface area contributed by atoms with E-state index in [0.29, 0.717) is 22.6 Å². The molecule has 1 atom stereocenters. The van der Waals surface area contributed by atoms with Crippen LogP contribution in [0.1, 0.15) is 26.5 Å². The van der Waals surface area contributed by atoms with E-state index in [9.17, 15) is 9.59 Å². The molecule has 0 radical (unpaired) electrons. The largest absolute Gasteiger partial charge is 0.302 e. The van der Waals surface area contributed by atoms with Crippen molar-refractivity contribution in [2.45, 2.75) is 37.9 Å². The van der Waals surface area contributed by atoms with Gasteiger partial charge in [0.25, 0.3) is 5.56 Å². The standard InChI is InChI=1S/C20H21N5O2S2/c1-20(2,3)15-7-16(26)25-9-13(10-29-19(25)23-15)17(27)24-18-22-14(11-28-18)12-5-4-6-21-8-12/h4-8,11,13H,9-10H2,1-3H3,(H,22,24,27). The molecular formula is C20H21N5O2S2. The van der Waals surface area contributed by atoms with Crippen LogP contribution in [0.3, 0.4) is 0 Å². The third-order valence-corrected chi connectivity index (χ3v) is 6.52. The Balaban J connectivity index is 1.48. The number of aromatic nitrogens is 4. The summed E-state index contributed by atoms with van der Waals surface area (Å²) in [6, 6.07) is 5.35. The number of amides is 1. The quantitative estimate of drug-likeness (QED) is 0.644. The monoisotopic (exact) mass is 427 g/mol. The lowest BCUT2D eigenvalue weighted by Crippen LogP contribution is -2.37. The van der Waals surface area contributed by atoms with E-state index < -0.39 is 0 Å². The molecule has 0 fully saturated rings. The van der Waals surface area contributed by atoms with Gasteiger partial charge in [0.1, 0.15) is 0 Å². The van der Waals surface area contributed by atoms with E-state index in [1.165, 1.54) is 23.1 Å². The minimum atomic E-state index is -0.321. The maximum Gasteiger partial charge on any atom is 0.254 e. The highest BCUT2D eigenvalue weighted by molar-refractivity contribution is 7.99. The molecule has 1 aliphatic rings. The highest BCUT2D eigenvalue weighted by Gasteiger charge is 2.29. The molecule has 7 nitrogen and oxygen atoms in total. The Morgan fingerprint density at radius 1 is 1.31 bits per heavy atom. The topological polar surface area (TPSA) is 89.8 Å². The van der Waals surface area contributed by atoms with Crippen LogP contribution in [0, 0.1) is 5.92 Å². The third kappa shape index (κ3) is 4.25. The number of hydrogen-bond acceptors (Lipinski definition) is 7. The van der Waals surface area contributed by atoms with Crippen LogP contribution in [0.5, 0.6) is 0 Å². The predicted molar refractivity (Wildman–Crippen MR) is 115 cm³/mol. The van der Waals surface area contributed by atoms with Crippen molar-refractivity contribution in [1.29, 1.82) is 0 Å². The second-order valence-corrected chi connectivity index (χ2v) is 9.74. The number of pyridine rings is 1. The minimum absolute atomic E-state index is 0.113. The van der Waals surface area contributed by atoms with E-state index in [1.807, 2.05) is 38.3 Å². The van der Waals surface area contributed by atoms with Gasteiger partial charge in [-0.2, -0.15) is 0 Å². The summed E-state index contributed by atoms with van der Waals surface area (Å²) < 4.78 is 1.59. The highest BCUT2D eigenvalue weighted by atomic mass is 32.2. The summed E-state index contributed by atoms with van der Waals surface area (Å²) in [6.07, 6.45) is 3.44. The molecular weight excluding hydrogens is 406 g/mol. The van der Waals surface area contributed by atoms with Crippen molar-refractivity contribution in [2.24, 2.45) is 5.92 Å². The molecule has 150 valence electrons. The number of nitrogens with zero attached hydrogens (tertiary/aromatic N) is 4. The molecule has 1 amide bonds. The Kier molecular flexibility index (Phi) is 5.26. The number of thiazole rings is 1. The Bertz CT molecular complexity index is 1100. The van der Waals surface area contributed by atoms with E-state index in [4.69, 9.17) is 0 Å². The fourth-order valence-electron chi connectivity index (χ4n) is 2.94. The van der Waals surface area contributed by atoms with E-state index in [0.717, 1.165) is 17.0 Å². The zero-order valence-electron chi connectivity index (χ0n) is 16.4. The fourth-order valence-corrected chi connectivity index (χ4v) is 4.75. The SMILES string of the molecule is CC(C)(C)c1cc(=O)n2c(n1)SCC(C(=O)Nc1nc(-c3cccnc3)cs1)C2. The lowest BCUT2D eigenvalue weighted by Gasteiger charge is -2.26. The molecule has 3 aromatic heterocycles. The number of carbonyl (C=O) groups excluding carboxylic acids is 1. The zero-order valence-corrected chi connectivity index (χ0v) is 18.0. The first-order valence-corrected chi connectivity index (χ1v) is 11.1. The van der Waals surface area contributed by atoms with E-state index in [1.54, 1.807) is 23.0 Å². The molecule has 0 aliphatic carbocycles. The summed E-state index contributed by atoms with van der Waals surface area (Å²) in [6.45, 7) is 6.42. The summed E-state index contributed by atoms with van der Waals surface area (Å²) in [4.78, 5) is 38.5. The number of hydrogen-bond donors (Lipinski definition) is 1. The molecule has 0 saturated heterocycles. The van der Waals surface area contributed by atoms with Gasteiger partial charge < -0.3 is 5.32 Å². The average molecular weight is 428 g/mol. The molecule has 4 heterocycles. The first-order valence-electron chi connectivity index (χ1n) is 9.23. The van der Waals surface area contributed by atoms with Crippen LogP contribution >= 0.6 is 23.1 Å². The maximum absolute atomic E-state index is 12.8. The second-order valence-electron chi connectivity index (χ2n) is 7.90. The Labute approximate surface area is 176 Å². The first-order chi connectivity index (χ1) is 13.8. The number of anilines is 1. The number of carbonyl (C=O) groups is 1. The van der Waals surface area contributed by atoms with Crippen molar-refractivity contribution in [3.63, 3.8) is 0 Å². The molecule has 3 aromatic rings. The van der Waals surface area contributed by atoms with Crippen LogP contribution < -0.4 is 10.9 Å². The van der Waals surface area contributed by atoms with E-state index in [2.05, 4.69) is 20.3 Å². The molecule has 0 spiro atoms. The Morgan fingerprint density at radius 2 is 2.14 bits per heavy atom. The molecule has 1 N–H and O–H groups in total. The predicted octanol–water partition coefficient (Wildman–Crippen LogP) is 3.42. The average Bonchev–Trinajstić information content (AvgIpc) is 3.16. The van der Waals surface area contributed by atoms with Gasteiger partial charge in [0.2, 0.25) is 5.91 Å². The number of fused-ring (bicyclic) bond motifs is 1. The molecule has 4 rings (SSSR count). The summed E-state index contributed by atoms with van der Waals surface area (Å²) in [5, 5.41) is 6.00. The molecule has 1 aliphatic heterocycles. The molecule has 0 saturated carbocycles. The van der Waals surface area contributed by atoms with Crippen molar-refractivity contribution in [2.75, 3.05) is 11.1 Å². The Hall–Kier alpha value is -2.52. The lowest BCUT2D eigenvalue weighted by atomic mass is 9.92.